The Morgan fingerprint density at radius 2 is 2.50 bits per heavy atom. The lowest BCUT2D eigenvalue weighted by molar-refractivity contribution is 0.669. The summed E-state index contributed by atoms with van der Waals surface area (Å²) in [4.78, 5) is 0. The van der Waals surface area contributed by atoms with Crippen LogP contribution in [0, 0.1) is 0 Å². The molecule has 0 aromatic carbocycles. The minimum Gasteiger partial charge on any atom is -0.358 e. The fraction of sp³-hybridized carbons (Fsp3) is 0.800. The van der Waals surface area contributed by atoms with Gasteiger partial charge in [0, 0.05) is 11.8 Å². The zero-order valence-electron chi connectivity index (χ0n) is 5.59. The van der Waals surface area contributed by atoms with Gasteiger partial charge in [0.05, 0.1) is 0 Å². The molecular formula is C5H11N3S2. The normalized spacial score (nSPS) is 24.3. The predicted molar refractivity (Wildman–Crippen MR) is 48.8 cm³/mol. The Morgan fingerprint density at radius 3 is 3.00 bits per heavy atom. The molecule has 4 N–H and O–H groups in total. The molecule has 1 fully saturated rings. The standard InChI is InChI=1S/C5H11N3S2/c6-8-5(9)7-4-1-2-10-3-4/h4H,1-3,6H2,(H2,7,8,9). The van der Waals surface area contributed by atoms with Gasteiger partial charge >= 0.3 is 0 Å². The molecule has 1 unspecified atom stereocenters. The summed E-state index contributed by atoms with van der Waals surface area (Å²) in [5.74, 6) is 7.46. The maximum atomic E-state index is 5.09. The maximum absolute atomic E-state index is 5.09. The van der Waals surface area contributed by atoms with Gasteiger partial charge < -0.3 is 10.7 Å². The molecule has 1 heterocycles. The Hall–Kier alpha value is 0. The van der Waals surface area contributed by atoms with Gasteiger partial charge in [-0.25, -0.2) is 5.84 Å². The molecule has 0 radical (unpaired) electrons. The van der Waals surface area contributed by atoms with Gasteiger partial charge in [-0.2, -0.15) is 11.8 Å². The van der Waals surface area contributed by atoms with Gasteiger partial charge in [-0.05, 0) is 24.4 Å². The fourth-order valence-corrected chi connectivity index (χ4v) is 2.19. The minimum absolute atomic E-state index is 0.522. The van der Waals surface area contributed by atoms with E-state index in [1.807, 2.05) is 11.8 Å². The summed E-state index contributed by atoms with van der Waals surface area (Å²) in [5, 5.41) is 3.65. The van der Waals surface area contributed by atoms with Crippen molar-refractivity contribution < 1.29 is 0 Å². The van der Waals surface area contributed by atoms with Crippen LogP contribution in [0.4, 0.5) is 0 Å². The van der Waals surface area contributed by atoms with Gasteiger partial charge in [-0.15, -0.1) is 0 Å². The molecule has 1 rings (SSSR count). The number of nitrogens with one attached hydrogen (secondary N) is 2. The van der Waals surface area contributed by atoms with Crippen molar-refractivity contribution in [3.63, 3.8) is 0 Å². The lowest BCUT2D eigenvalue weighted by atomic mass is 10.3. The van der Waals surface area contributed by atoms with Crippen LogP contribution in [-0.4, -0.2) is 22.7 Å². The molecule has 0 aromatic heterocycles. The summed E-state index contributed by atoms with van der Waals surface area (Å²) in [5.41, 5.74) is 2.40. The van der Waals surface area contributed by atoms with Crippen LogP contribution in [-0.2, 0) is 0 Å². The van der Waals surface area contributed by atoms with E-state index in [0.29, 0.717) is 11.2 Å². The van der Waals surface area contributed by atoms with E-state index in [2.05, 4.69) is 10.7 Å². The number of rotatable bonds is 1. The van der Waals surface area contributed by atoms with Crippen molar-refractivity contribution in [2.75, 3.05) is 11.5 Å². The number of nitrogens with two attached hydrogens (primary N) is 1. The van der Waals surface area contributed by atoms with E-state index in [9.17, 15) is 0 Å². The molecule has 10 heavy (non-hydrogen) atoms. The molecule has 5 heteroatoms. The highest BCUT2D eigenvalue weighted by Gasteiger charge is 2.14. The summed E-state index contributed by atoms with van der Waals surface area (Å²) in [7, 11) is 0. The number of thioether (sulfide) groups is 1. The van der Waals surface area contributed by atoms with E-state index < -0.39 is 0 Å². The number of hydrazine groups is 1. The SMILES string of the molecule is NNC(=S)NC1CCSC1. The van der Waals surface area contributed by atoms with Crippen molar-refractivity contribution in [1.29, 1.82) is 0 Å². The maximum Gasteiger partial charge on any atom is 0.180 e. The first kappa shape index (κ1) is 8.10. The predicted octanol–water partition coefficient (Wildman–Crippen LogP) is -0.170. The van der Waals surface area contributed by atoms with Gasteiger partial charge in [0.15, 0.2) is 5.11 Å². The topological polar surface area (TPSA) is 50.1 Å². The van der Waals surface area contributed by atoms with Crippen molar-refractivity contribution in [3.05, 3.63) is 0 Å². The largest absolute Gasteiger partial charge is 0.358 e. The van der Waals surface area contributed by atoms with E-state index in [0.717, 1.165) is 5.75 Å². The summed E-state index contributed by atoms with van der Waals surface area (Å²) >= 11 is 6.78. The van der Waals surface area contributed by atoms with Crippen LogP contribution in [0.15, 0.2) is 0 Å². The van der Waals surface area contributed by atoms with Crippen molar-refractivity contribution in [2.45, 2.75) is 12.5 Å². The highest BCUT2D eigenvalue weighted by atomic mass is 32.2. The Kier molecular flexibility index (Phi) is 3.24. The van der Waals surface area contributed by atoms with Crippen LogP contribution in [0.25, 0.3) is 0 Å². The molecule has 0 aliphatic carbocycles. The molecule has 0 spiro atoms. The Labute approximate surface area is 70.1 Å². The molecule has 1 atom stereocenters. The first-order valence-corrected chi connectivity index (χ1v) is 4.74. The number of hydrogen-bond donors (Lipinski definition) is 3. The van der Waals surface area contributed by atoms with Crippen molar-refractivity contribution in [2.24, 2.45) is 5.84 Å². The van der Waals surface area contributed by atoms with Crippen LogP contribution in [0.3, 0.4) is 0 Å². The van der Waals surface area contributed by atoms with Gasteiger partial charge in [-0.1, -0.05) is 0 Å². The van der Waals surface area contributed by atoms with E-state index in [4.69, 9.17) is 18.1 Å². The molecule has 1 aliphatic rings. The second kappa shape index (κ2) is 4.00. The highest BCUT2D eigenvalue weighted by Crippen LogP contribution is 2.16. The van der Waals surface area contributed by atoms with Gasteiger partial charge in [0.1, 0.15) is 0 Å². The monoisotopic (exact) mass is 177 g/mol. The summed E-state index contributed by atoms with van der Waals surface area (Å²) in [6, 6.07) is 0.522. The quantitative estimate of drug-likeness (QED) is 0.295. The molecule has 1 saturated heterocycles. The second-order valence-electron chi connectivity index (χ2n) is 2.18. The number of hydrogen-bond acceptors (Lipinski definition) is 3. The van der Waals surface area contributed by atoms with Crippen molar-refractivity contribution in [3.8, 4) is 0 Å². The number of thiocarbonyl (C=S) groups is 1. The Balaban J connectivity index is 2.17. The van der Waals surface area contributed by atoms with E-state index >= 15 is 0 Å². The van der Waals surface area contributed by atoms with Crippen LogP contribution in [0.5, 0.6) is 0 Å². The smallest absolute Gasteiger partial charge is 0.180 e. The fourth-order valence-electron chi connectivity index (χ4n) is 0.875. The summed E-state index contributed by atoms with van der Waals surface area (Å²) in [6.07, 6.45) is 1.19. The molecule has 1 aliphatic heterocycles. The molecule has 3 nitrogen and oxygen atoms in total. The van der Waals surface area contributed by atoms with Crippen LogP contribution in [0.1, 0.15) is 6.42 Å². The van der Waals surface area contributed by atoms with Crippen LogP contribution in [0.2, 0.25) is 0 Å². The highest BCUT2D eigenvalue weighted by molar-refractivity contribution is 7.99. The Morgan fingerprint density at radius 1 is 1.70 bits per heavy atom. The first-order valence-electron chi connectivity index (χ1n) is 3.18. The Bertz CT molecular complexity index is 122. The van der Waals surface area contributed by atoms with Crippen molar-refractivity contribution in [1.82, 2.24) is 10.7 Å². The first-order chi connectivity index (χ1) is 4.83. The molecule has 0 amide bonds. The van der Waals surface area contributed by atoms with Crippen molar-refractivity contribution >= 4 is 29.1 Å². The molecular weight excluding hydrogens is 166 g/mol. The average molecular weight is 177 g/mol. The second-order valence-corrected chi connectivity index (χ2v) is 3.74. The zero-order valence-corrected chi connectivity index (χ0v) is 7.23. The zero-order chi connectivity index (χ0) is 7.40. The van der Waals surface area contributed by atoms with Crippen LogP contribution >= 0.6 is 24.0 Å². The average Bonchev–Trinajstić information content (AvgIpc) is 2.40. The lowest BCUT2D eigenvalue weighted by Crippen LogP contribution is -2.44. The third-order valence-corrected chi connectivity index (χ3v) is 2.79. The summed E-state index contributed by atoms with van der Waals surface area (Å²) in [6.45, 7) is 0. The van der Waals surface area contributed by atoms with Crippen LogP contribution < -0.4 is 16.6 Å². The van der Waals surface area contributed by atoms with E-state index in [-0.39, 0.29) is 0 Å². The van der Waals surface area contributed by atoms with Gasteiger partial charge in [-0.3, -0.25) is 0 Å². The van der Waals surface area contributed by atoms with E-state index in [1.165, 1.54) is 12.2 Å². The third-order valence-electron chi connectivity index (χ3n) is 1.40. The molecule has 58 valence electrons. The third kappa shape index (κ3) is 2.32. The molecule has 0 bridgehead atoms. The van der Waals surface area contributed by atoms with E-state index in [1.54, 1.807) is 0 Å². The minimum atomic E-state index is 0.522. The summed E-state index contributed by atoms with van der Waals surface area (Å²) < 4.78 is 0. The van der Waals surface area contributed by atoms with Gasteiger partial charge in [0.2, 0.25) is 0 Å². The molecule has 0 saturated carbocycles. The lowest BCUT2D eigenvalue weighted by Gasteiger charge is -2.11. The molecule has 0 aromatic rings. The van der Waals surface area contributed by atoms with Gasteiger partial charge in [0.25, 0.3) is 0 Å².